The highest BCUT2D eigenvalue weighted by molar-refractivity contribution is 5.78. The largest absolute Gasteiger partial charge is 0.340 e. The van der Waals surface area contributed by atoms with Gasteiger partial charge in [0.25, 0.3) is 0 Å². The lowest BCUT2D eigenvalue weighted by molar-refractivity contribution is -0.123. The topological polar surface area (TPSA) is 55.1 Å². The molecule has 0 bridgehead atoms. The molecule has 1 aliphatic rings. The minimum Gasteiger partial charge on any atom is -0.340 e. The minimum atomic E-state index is -0.581. The van der Waals surface area contributed by atoms with E-state index in [2.05, 4.69) is 11.2 Å². The van der Waals surface area contributed by atoms with Crippen LogP contribution in [0.3, 0.4) is 0 Å². The molecule has 0 aromatic carbocycles. The van der Waals surface area contributed by atoms with Gasteiger partial charge in [-0.1, -0.05) is 25.2 Å². The maximum absolute atomic E-state index is 11.8. The molecular formula is C13H22N2O. The number of nitrogens with one attached hydrogen (secondary N) is 1. The van der Waals surface area contributed by atoms with Crippen molar-refractivity contribution in [2.75, 3.05) is 0 Å². The first-order valence-corrected chi connectivity index (χ1v) is 5.95. The Morgan fingerprint density at radius 1 is 1.44 bits per heavy atom. The smallest absolute Gasteiger partial charge is 0.223 e. The van der Waals surface area contributed by atoms with Crippen molar-refractivity contribution >= 4 is 5.91 Å². The first-order valence-electron chi connectivity index (χ1n) is 5.95. The van der Waals surface area contributed by atoms with Crippen LogP contribution in [0.25, 0.3) is 0 Å². The zero-order chi connectivity index (χ0) is 12.2. The summed E-state index contributed by atoms with van der Waals surface area (Å²) in [4.78, 5) is 11.8. The Balaban J connectivity index is 2.48. The lowest BCUT2D eigenvalue weighted by Gasteiger charge is -2.33. The molecule has 1 saturated carbocycles. The predicted octanol–water partition coefficient (Wildman–Crippen LogP) is 1.57. The van der Waals surface area contributed by atoms with E-state index in [0.29, 0.717) is 6.42 Å². The molecule has 1 rings (SSSR count). The maximum Gasteiger partial charge on any atom is 0.223 e. The van der Waals surface area contributed by atoms with Gasteiger partial charge >= 0.3 is 0 Å². The summed E-state index contributed by atoms with van der Waals surface area (Å²) in [6, 6.07) is 0. The van der Waals surface area contributed by atoms with Crippen LogP contribution in [0, 0.1) is 12.3 Å². The number of carbonyl (C=O) groups is 1. The van der Waals surface area contributed by atoms with Crippen molar-refractivity contribution in [2.24, 2.45) is 5.73 Å². The molecule has 0 aromatic heterocycles. The molecule has 3 N–H and O–H groups in total. The van der Waals surface area contributed by atoms with Crippen LogP contribution in [0.1, 0.15) is 52.4 Å². The molecule has 16 heavy (non-hydrogen) atoms. The van der Waals surface area contributed by atoms with Gasteiger partial charge < -0.3 is 11.1 Å². The van der Waals surface area contributed by atoms with E-state index in [1.54, 1.807) is 0 Å². The first kappa shape index (κ1) is 13.1. The van der Waals surface area contributed by atoms with Gasteiger partial charge in [0.1, 0.15) is 0 Å². The molecule has 0 radical (unpaired) electrons. The fourth-order valence-corrected chi connectivity index (χ4v) is 2.18. The van der Waals surface area contributed by atoms with Gasteiger partial charge in [-0.05, 0) is 26.7 Å². The number of terminal acetylenes is 1. The van der Waals surface area contributed by atoms with Crippen LogP contribution in [0.5, 0.6) is 0 Å². The van der Waals surface area contributed by atoms with Crippen LogP contribution in [-0.4, -0.2) is 17.0 Å². The second-order valence-corrected chi connectivity index (χ2v) is 5.42. The molecule has 1 amide bonds. The molecule has 3 heteroatoms. The highest BCUT2D eigenvalue weighted by Gasteiger charge is 2.31. The molecule has 0 unspecified atom stereocenters. The molecular weight excluding hydrogens is 200 g/mol. The van der Waals surface area contributed by atoms with E-state index in [-0.39, 0.29) is 11.4 Å². The second-order valence-electron chi connectivity index (χ2n) is 5.42. The summed E-state index contributed by atoms with van der Waals surface area (Å²) < 4.78 is 0. The fraction of sp³-hybridized carbons (Fsp3) is 0.769. The molecule has 0 heterocycles. The average Bonchev–Trinajstić information content (AvgIpc) is 2.17. The number of nitrogens with two attached hydrogens (primary N) is 1. The highest BCUT2D eigenvalue weighted by Crippen LogP contribution is 2.28. The predicted molar refractivity (Wildman–Crippen MR) is 65.7 cm³/mol. The standard InChI is InChI=1S/C13H22N2O/c1-4-12(2,3)15-11(16)10-13(14)8-6-5-7-9-13/h1H,5-10,14H2,2-3H3,(H,15,16). The van der Waals surface area contributed by atoms with Gasteiger partial charge in [-0.2, -0.15) is 0 Å². The normalized spacial score (nSPS) is 19.9. The molecule has 0 aromatic rings. The Bertz CT molecular complexity index is 296. The van der Waals surface area contributed by atoms with Crippen molar-refractivity contribution in [3.8, 4) is 12.3 Å². The average molecular weight is 222 g/mol. The zero-order valence-electron chi connectivity index (χ0n) is 10.3. The Morgan fingerprint density at radius 2 is 2.00 bits per heavy atom. The van der Waals surface area contributed by atoms with E-state index in [4.69, 9.17) is 12.2 Å². The van der Waals surface area contributed by atoms with Crippen LogP contribution < -0.4 is 11.1 Å². The monoisotopic (exact) mass is 222 g/mol. The number of amides is 1. The van der Waals surface area contributed by atoms with Crippen molar-refractivity contribution in [3.05, 3.63) is 0 Å². The van der Waals surface area contributed by atoms with Crippen LogP contribution >= 0.6 is 0 Å². The molecule has 1 aliphatic carbocycles. The van der Waals surface area contributed by atoms with E-state index >= 15 is 0 Å². The zero-order valence-corrected chi connectivity index (χ0v) is 10.3. The Kier molecular flexibility index (Phi) is 3.98. The van der Waals surface area contributed by atoms with E-state index in [0.717, 1.165) is 25.7 Å². The Labute approximate surface area is 98.2 Å². The van der Waals surface area contributed by atoms with Gasteiger partial charge in [0.15, 0.2) is 0 Å². The van der Waals surface area contributed by atoms with Crippen LogP contribution in [-0.2, 0) is 4.79 Å². The van der Waals surface area contributed by atoms with Gasteiger partial charge in [-0.3, -0.25) is 4.79 Å². The van der Waals surface area contributed by atoms with Gasteiger partial charge in [0, 0.05) is 12.0 Å². The number of rotatable bonds is 3. The lowest BCUT2D eigenvalue weighted by Crippen LogP contribution is -2.49. The van der Waals surface area contributed by atoms with E-state index in [1.165, 1.54) is 6.42 Å². The summed E-state index contributed by atoms with van der Waals surface area (Å²) >= 11 is 0. The third kappa shape index (κ3) is 3.86. The molecule has 0 spiro atoms. The summed E-state index contributed by atoms with van der Waals surface area (Å²) in [6.45, 7) is 3.63. The molecule has 0 aliphatic heterocycles. The SMILES string of the molecule is C#CC(C)(C)NC(=O)CC1(N)CCCCC1. The lowest BCUT2D eigenvalue weighted by atomic mass is 9.80. The van der Waals surface area contributed by atoms with Gasteiger partial charge in [0.2, 0.25) is 5.91 Å². The van der Waals surface area contributed by atoms with Crippen molar-refractivity contribution < 1.29 is 4.79 Å². The Hall–Kier alpha value is -1.01. The summed E-state index contributed by atoms with van der Waals surface area (Å²) in [5.74, 6) is 2.51. The molecule has 0 atom stereocenters. The number of hydrogen-bond donors (Lipinski definition) is 2. The summed E-state index contributed by atoms with van der Waals surface area (Å²) in [6.07, 6.45) is 11.1. The summed E-state index contributed by atoms with van der Waals surface area (Å²) in [5.41, 5.74) is 5.31. The van der Waals surface area contributed by atoms with Crippen molar-refractivity contribution in [1.82, 2.24) is 5.32 Å². The summed E-state index contributed by atoms with van der Waals surface area (Å²) in [7, 11) is 0. The molecule has 90 valence electrons. The van der Waals surface area contributed by atoms with Crippen molar-refractivity contribution in [1.29, 1.82) is 0 Å². The van der Waals surface area contributed by atoms with Crippen molar-refractivity contribution in [3.63, 3.8) is 0 Å². The van der Waals surface area contributed by atoms with Crippen LogP contribution in [0.15, 0.2) is 0 Å². The molecule has 3 nitrogen and oxygen atoms in total. The molecule has 1 fully saturated rings. The fourth-order valence-electron chi connectivity index (χ4n) is 2.18. The van der Waals surface area contributed by atoms with Gasteiger partial charge in [0.05, 0.1) is 5.54 Å². The van der Waals surface area contributed by atoms with Gasteiger partial charge in [-0.15, -0.1) is 6.42 Å². The van der Waals surface area contributed by atoms with Gasteiger partial charge in [-0.25, -0.2) is 0 Å². The first-order chi connectivity index (χ1) is 7.37. The highest BCUT2D eigenvalue weighted by atomic mass is 16.1. The quantitative estimate of drug-likeness (QED) is 0.712. The number of hydrogen-bond acceptors (Lipinski definition) is 2. The van der Waals surface area contributed by atoms with E-state index in [9.17, 15) is 4.79 Å². The van der Waals surface area contributed by atoms with E-state index in [1.807, 2.05) is 13.8 Å². The summed E-state index contributed by atoms with van der Waals surface area (Å²) in [5, 5.41) is 2.82. The Morgan fingerprint density at radius 3 is 2.50 bits per heavy atom. The van der Waals surface area contributed by atoms with Crippen molar-refractivity contribution in [2.45, 2.75) is 63.5 Å². The minimum absolute atomic E-state index is 0.0349. The van der Waals surface area contributed by atoms with E-state index < -0.39 is 5.54 Å². The number of carbonyl (C=O) groups excluding carboxylic acids is 1. The molecule has 0 saturated heterocycles. The second kappa shape index (κ2) is 4.88. The third-order valence-corrected chi connectivity index (χ3v) is 3.17. The third-order valence-electron chi connectivity index (χ3n) is 3.17. The maximum atomic E-state index is 11.8. The van der Waals surface area contributed by atoms with Crippen LogP contribution in [0.4, 0.5) is 0 Å². The van der Waals surface area contributed by atoms with Crippen LogP contribution in [0.2, 0.25) is 0 Å².